The molecule has 3 aliphatic rings. The molecule has 3 saturated heterocycles. The normalized spacial score (nSPS) is 31.3. The summed E-state index contributed by atoms with van der Waals surface area (Å²) in [5.74, 6) is -1.02. The molecular weight excluding hydrogens is 478 g/mol. The number of unbranched alkanes of at least 4 members (excludes halogenated alkanes) is 2. The number of aliphatic hydroxyl groups excluding tert-OH is 1. The first-order valence-corrected chi connectivity index (χ1v) is 14.0. The topological polar surface area (TPSA) is 108 Å². The average molecular weight is 518 g/mol. The summed E-state index contributed by atoms with van der Waals surface area (Å²) in [6, 6.07) is 6.00. The summed E-state index contributed by atoms with van der Waals surface area (Å²) in [7, 11) is 0. The largest absolute Gasteiger partial charge is 0.494 e. The van der Waals surface area contributed by atoms with E-state index in [-0.39, 0.29) is 24.3 Å². The second-order valence-corrected chi connectivity index (χ2v) is 12.3. The molecule has 3 fully saturated rings. The maximum absolute atomic E-state index is 13.9. The maximum Gasteiger partial charge on any atom is 0.244 e. The van der Waals surface area contributed by atoms with E-state index in [1.54, 1.807) is 35.7 Å². The van der Waals surface area contributed by atoms with Gasteiger partial charge < -0.3 is 25.4 Å². The Kier molecular flexibility index (Phi) is 7.90. The zero-order valence-corrected chi connectivity index (χ0v) is 22.5. The summed E-state index contributed by atoms with van der Waals surface area (Å²) in [5, 5.41) is 16.0. The highest BCUT2D eigenvalue weighted by atomic mass is 32.2. The Balaban J connectivity index is 1.61. The molecule has 3 aliphatic heterocycles. The number of fused-ring (bicyclic) bond motifs is 1. The predicted molar refractivity (Wildman–Crippen MR) is 141 cm³/mol. The van der Waals surface area contributed by atoms with Crippen LogP contribution < -0.4 is 15.4 Å². The Morgan fingerprint density at radius 2 is 1.92 bits per heavy atom. The molecule has 0 aromatic heterocycles. The highest BCUT2D eigenvalue weighted by Crippen LogP contribution is 2.71. The van der Waals surface area contributed by atoms with Crippen LogP contribution in [0.2, 0.25) is 0 Å². The van der Waals surface area contributed by atoms with Crippen molar-refractivity contribution in [2.75, 3.05) is 25.1 Å². The van der Waals surface area contributed by atoms with Gasteiger partial charge in [0.25, 0.3) is 0 Å². The van der Waals surface area contributed by atoms with Crippen LogP contribution in [0.4, 0.5) is 5.69 Å². The quantitative estimate of drug-likeness (QED) is 0.389. The third-order valence-corrected chi connectivity index (χ3v) is 9.98. The number of nitrogens with one attached hydrogen (secondary N) is 2. The Hall–Kier alpha value is -2.26. The lowest BCUT2D eigenvalue weighted by atomic mass is 9.66. The number of hydrogen-bond acceptors (Lipinski definition) is 6. The fraction of sp³-hybridized carbons (Fsp3) is 0.667. The van der Waals surface area contributed by atoms with Gasteiger partial charge in [0.15, 0.2) is 0 Å². The molecule has 0 saturated carbocycles. The number of benzene rings is 1. The van der Waals surface area contributed by atoms with Crippen molar-refractivity contribution in [1.29, 1.82) is 0 Å². The summed E-state index contributed by atoms with van der Waals surface area (Å²) in [4.78, 5) is 42.7. The van der Waals surface area contributed by atoms with Crippen molar-refractivity contribution in [2.45, 2.75) is 81.4 Å². The molecule has 4 rings (SSSR count). The van der Waals surface area contributed by atoms with E-state index in [4.69, 9.17) is 4.74 Å². The van der Waals surface area contributed by atoms with E-state index in [0.717, 1.165) is 31.4 Å². The van der Waals surface area contributed by atoms with E-state index in [9.17, 15) is 19.5 Å². The number of nitrogens with zero attached hydrogens (tertiary/aromatic N) is 1. The van der Waals surface area contributed by atoms with Crippen molar-refractivity contribution in [3.8, 4) is 5.75 Å². The zero-order chi connectivity index (χ0) is 26.1. The molecule has 6 atom stereocenters. The van der Waals surface area contributed by atoms with E-state index < -0.39 is 33.4 Å². The SMILES string of the molecule is CCCCCNC(=O)C1N([C@H](C)CO)C(=O)[C@@H]2[C@@H](C(=O)Nc3ccc(OCC)cc3)[C@@]3(C)CCC12S3. The van der Waals surface area contributed by atoms with Gasteiger partial charge in [-0.05, 0) is 64.3 Å². The first-order chi connectivity index (χ1) is 17.2. The van der Waals surface area contributed by atoms with Gasteiger partial charge in [0.1, 0.15) is 11.8 Å². The standard InChI is InChI=1S/C27H39N3O5S/c1-5-7-8-15-28-24(33)22-27-14-13-26(4,36-27)20(21(27)25(34)30(22)17(3)16-31)23(32)29-18-9-11-19(12-10-18)35-6-2/h9-12,17,20-22,31H,5-8,13-16H2,1-4H3,(H,28,33)(H,29,32)/t17-,20+,21+,22?,26-,27?/m1/s1. The van der Waals surface area contributed by atoms with Crippen LogP contribution in [0.3, 0.4) is 0 Å². The fourth-order valence-corrected chi connectivity index (χ4v) is 8.67. The molecule has 8 nitrogen and oxygen atoms in total. The molecule has 0 aliphatic carbocycles. The van der Waals surface area contributed by atoms with Crippen LogP contribution in [-0.2, 0) is 14.4 Å². The zero-order valence-electron chi connectivity index (χ0n) is 21.7. The monoisotopic (exact) mass is 517 g/mol. The van der Waals surface area contributed by atoms with Gasteiger partial charge in [-0.2, -0.15) is 0 Å². The van der Waals surface area contributed by atoms with Gasteiger partial charge >= 0.3 is 0 Å². The van der Waals surface area contributed by atoms with Gasteiger partial charge in [0.05, 0.1) is 35.8 Å². The maximum atomic E-state index is 13.9. The minimum Gasteiger partial charge on any atom is -0.494 e. The van der Waals surface area contributed by atoms with Crippen molar-refractivity contribution < 1.29 is 24.2 Å². The summed E-state index contributed by atoms with van der Waals surface area (Å²) in [6.07, 6.45) is 4.40. The van der Waals surface area contributed by atoms with Crippen LogP contribution in [0.1, 0.15) is 59.8 Å². The van der Waals surface area contributed by atoms with Crippen LogP contribution in [0.5, 0.6) is 5.75 Å². The van der Waals surface area contributed by atoms with Crippen LogP contribution in [0.25, 0.3) is 0 Å². The Morgan fingerprint density at radius 1 is 1.19 bits per heavy atom. The Morgan fingerprint density at radius 3 is 2.56 bits per heavy atom. The number of rotatable bonds is 11. The Bertz CT molecular complexity index is 988. The molecular formula is C27H39N3O5S. The molecule has 198 valence electrons. The van der Waals surface area contributed by atoms with Gasteiger partial charge in [-0.15, -0.1) is 11.8 Å². The fourth-order valence-electron chi connectivity index (χ4n) is 6.33. The van der Waals surface area contributed by atoms with E-state index in [0.29, 0.717) is 25.3 Å². The van der Waals surface area contributed by atoms with E-state index >= 15 is 0 Å². The minimum atomic E-state index is -0.700. The molecule has 0 radical (unpaired) electrons. The molecule has 3 N–H and O–H groups in total. The third kappa shape index (κ3) is 4.49. The highest BCUT2D eigenvalue weighted by molar-refractivity contribution is 8.02. The highest BCUT2D eigenvalue weighted by Gasteiger charge is 2.77. The van der Waals surface area contributed by atoms with Gasteiger partial charge in [0, 0.05) is 17.0 Å². The number of carbonyl (C=O) groups excluding carboxylic acids is 3. The first-order valence-electron chi connectivity index (χ1n) is 13.2. The van der Waals surface area contributed by atoms with Crippen molar-refractivity contribution in [3.05, 3.63) is 24.3 Å². The third-order valence-electron chi connectivity index (χ3n) is 8.00. The first kappa shape index (κ1) is 26.8. The van der Waals surface area contributed by atoms with Crippen molar-refractivity contribution >= 4 is 35.2 Å². The lowest BCUT2D eigenvalue weighted by Crippen LogP contribution is -2.56. The molecule has 1 aromatic carbocycles. The van der Waals surface area contributed by atoms with Gasteiger partial charge in [-0.25, -0.2) is 0 Å². The lowest BCUT2D eigenvalue weighted by molar-refractivity contribution is -0.142. The van der Waals surface area contributed by atoms with Crippen molar-refractivity contribution in [3.63, 3.8) is 0 Å². The van der Waals surface area contributed by atoms with Gasteiger partial charge in [-0.3, -0.25) is 14.4 Å². The molecule has 3 amide bonds. The number of amides is 3. The predicted octanol–water partition coefficient (Wildman–Crippen LogP) is 3.19. The van der Waals surface area contributed by atoms with Gasteiger partial charge in [-0.1, -0.05) is 19.8 Å². The van der Waals surface area contributed by atoms with Gasteiger partial charge in [0.2, 0.25) is 17.7 Å². The smallest absolute Gasteiger partial charge is 0.244 e. The second kappa shape index (κ2) is 10.6. The number of carbonyl (C=O) groups is 3. The van der Waals surface area contributed by atoms with Crippen molar-refractivity contribution in [1.82, 2.24) is 10.2 Å². The minimum absolute atomic E-state index is 0.174. The van der Waals surface area contributed by atoms with E-state index in [1.165, 1.54) is 0 Å². The summed E-state index contributed by atoms with van der Waals surface area (Å²) >= 11 is 1.64. The number of aliphatic hydroxyl groups is 1. The molecule has 2 bridgehead atoms. The summed E-state index contributed by atoms with van der Waals surface area (Å²) < 4.78 is 4.37. The van der Waals surface area contributed by atoms with E-state index in [1.807, 2.05) is 19.1 Å². The lowest BCUT2D eigenvalue weighted by Gasteiger charge is -2.36. The molecule has 1 spiro atoms. The number of likely N-dealkylation sites (tertiary alicyclic amines) is 1. The number of hydrogen-bond donors (Lipinski definition) is 3. The molecule has 9 heteroatoms. The Labute approximate surface area is 217 Å². The van der Waals surface area contributed by atoms with Crippen molar-refractivity contribution in [2.24, 2.45) is 11.8 Å². The summed E-state index contributed by atoms with van der Waals surface area (Å²) in [5.41, 5.74) is 0.644. The number of anilines is 1. The van der Waals surface area contributed by atoms with Crippen LogP contribution >= 0.6 is 11.8 Å². The molecule has 2 unspecified atom stereocenters. The number of ether oxygens (including phenoxy) is 1. The average Bonchev–Trinajstić information content (AvgIpc) is 3.43. The van der Waals surface area contributed by atoms with Crippen LogP contribution in [-0.4, -0.2) is 69.1 Å². The summed E-state index contributed by atoms with van der Waals surface area (Å²) in [6.45, 7) is 8.72. The second-order valence-electron chi connectivity index (χ2n) is 10.4. The molecule has 1 aromatic rings. The number of thioether (sulfide) groups is 1. The molecule has 3 heterocycles. The van der Waals surface area contributed by atoms with Crippen LogP contribution in [0.15, 0.2) is 24.3 Å². The van der Waals surface area contributed by atoms with E-state index in [2.05, 4.69) is 24.5 Å². The van der Waals surface area contributed by atoms with Crippen LogP contribution in [0, 0.1) is 11.8 Å². The molecule has 36 heavy (non-hydrogen) atoms.